The number of piperazine rings is 1. The van der Waals surface area contributed by atoms with Gasteiger partial charge in [0.15, 0.2) is 0 Å². The van der Waals surface area contributed by atoms with E-state index < -0.39 is 22.4 Å². The maximum atomic E-state index is 13.4. The summed E-state index contributed by atoms with van der Waals surface area (Å²) in [6.07, 6.45) is -0.376. The van der Waals surface area contributed by atoms with Crippen molar-refractivity contribution in [3.05, 3.63) is 33.9 Å². The maximum absolute atomic E-state index is 13.4. The van der Waals surface area contributed by atoms with Crippen molar-refractivity contribution < 1.29 is 22.9 Å². The molecule has 3 rings (SSSR count). The van der Waals surface area contributed by atoms with Gasteiger partial charge in [-0.25, -0.2) is 0 Å². The first-order valence-corrected chi connectivity index (χ1v) is 9.86. The zero-order valence-corrected chi connectivity index (χ0v) is 16.2. The second kappa shape index (κ2) is 8.98. The standard InChI is InChI=1S/C19H25F3N4O3/c20-19(21,22)16-13-15(26(28)29)5-6-17(16)24-11-9-23(10-12-24)14-18(27)25-7-3-1-2-4-8-25/h5-6,13H,1-4,7-12,14H2. The van der Waals surface area contributed by atoms with Crippen LogP contribution in [0.2, 0.25) is 0 Å². The minimum absolute atomic E-state index is 0.0541. The van der Waals surface area contributed by atoms with Crippen LogP contribution in [0.25, 0.3) is 0 Å². The van der Waals surface area contributed by atoms with E-state index in [-0.39, 0.29) is 18.1 Å². The normalized spacial score (nSPS) is 19.1. The number of non-ortho nitro benzene ring substituents is 1. The number of nitrogens with zero attached hydrogens (tertiary/aromatic N) is 4. The SMILES string of the molecule is O=C(CN1CCN(c2ccc([N+](=O)[O-])cc2C(F)(F)F)CC1)N1CCCCCC1. The van der Waals surface area contributed by atoms with E-state index >= 15 is 0 Å². The van der Waals surface area contributed by atoms with Crippen LogP contribution in [0.15, 0.2) is 18.2 Å². The Kier molecular flexibility index (Phi) is 6.61. The zero-order chi connectivity index (χ0) is 21.0. The highest BCUT2D eigenvalue weighted by molar-refractivity contribution is 5.78. The summed E-state index contributed by atoms with van der Waals surface area (Å²) in [5.74, 6) is 0.0756. The lowest BCUT2D eigenvalue weighted by Crippen LogP contribution is -2.50. The van der Waals surface area contributed by atoms with Crippen LogP contribution in [0.4, 0.5) is 24.5 Å². The number of benzene rings is 1. The van der Waals surface area contributed by atoms with Gasteiger partial charge >= 0.3 is 6.18 Å². The Labute approximate surface area is 167 Å². The van der Waals surface area contributed by atoms with E-state index in [1.165, 1.54) is 6.07 Å². The number of rotatable bonds is 4. The number of carbonyl (C=O) groups is 1. The van der Waals surface area contributed by atoms with Gasteiger partial charge in [0, 0.05) is 57.1 Å². The van der Waals surface area contributed by atoms with Crippen LogP contribution in [0.5, 0.6) is 0 Å². The molecule has 0 saturated carbocycles. The largest absolute Gasteiger partial charge is 0.418 e. The van der Waals surface area contributed by atoms with Crippen LogP contribution < -0.4 is 4.90 Å². The molecule has 29 heavy (non-hydrogen) atoms. The van der Waals surface area contributed by atoms with Gasteiger partial charge in [0.25, 0.3) is 5.69 Å². The highest BCUT2D eigenvalue weighted by Gasteiger charge is 2.37. The van der Waals surface area contributed by atoms with Gasteiger partial charge in [0.2, 0.25) is 5.91 Å². The predicted octanol–water partition coefficient (Wildman–Crippen LogP) is 3.14. The van der Waals surface area contributed by atoms with Gasteiger partial charge in [-0.2, -0.15) is 13.2 Å². The van der Waals surface area contributed by atoms with Crippen LogP contribution in [-0.2, 0) is 11.0 Å². The molecular formula is C19H25F3N4O3. The molecule has 0 aromatic heterocycles. The van der Waals surface area contributed by atoms with Crippen molar-refractivity contribution in [1.29, 1.82) is 0 Å². The molecule has 2 saturated heterocycles. The number of likely N-dealkylation sites (tertiary alicyclic amines) is 1. The summed E-state index contributed by atoms with van der Waals surface area (Å²) in [6.45, 7) is 3.41. The van der Waals surface area contributed by atoms with Gasteiger partial charge in [-0.1, -0.05) is 12.8 Å². The molecule has 0 aliphatic carbocycles. The lowest BCUT2D eigenvalue weighted by atomic mass is 10.1. The first-order chi connectivity index (χ1) is 13.8. The molecule has 2 aliphatic rings. The fourth-order valence-corrected chi connectivity index (χ4v) is 3.90. The molecule has 2 aliphatic heterocycles. The number of carbonyl (C=O) groups excluding carboxylic acids is 1. The fraction of sp³-hybridized carbons (Fsp3) is 0.632. The summed E-state index contributed by atoms with van der Waals surface area (Å²) in [4.78, 5) is 28.0. The minimum Gasteiger partial charge on any atom is -0.368 e. The van der Waals surface area contributed by atoms with E-state index in [1.54, 1.807) is 4.90 Å². The lowest BCUT2D eigenvalue weighted by molar-refractivity contribution is -0.385. The average Bonchev–Trinajstić information content (AvgIpc) is 2.97. The predicted molar refractivity (Wildman–Crippen MR) is 102 cm³/mol. The van der Waals surface area contributed by atoms with Gasteiger partial charge in [-0.05, 0) is 18.9 Å². The van der Waals surface area contributed by atoms with E-state index in [2.05, 4.69) is 0 Å². The second-order valence-corrected chi connectivity index (χ2v) is 7.51. The molecule has 0 spiro atoms. The Balaban J connectivity index is 1.63. The third-order valence-electron chi connectivity index (χ3n) is 5.53. The van der Waals surface area contributed by atoms with Crippen molar-refractivity contribution in [1.82, 2.24) is 9.80 Å². The molecule has 1 aromatic rings. The monoisotopic (exact) mass is 414 g/mol. The lowest BCUT2D eigenvalue weighted by Gasteiger charge is -2.37. The molecular weight excluding hydrogens is 389 g/mol. The summed E-state index contributed by atoms with van der Waals surface area (Å²) >= 11 is 0. The Morgan fingerprint density at radius 2 is 1.62 bits per heavy atom. The fourth-order valence-electron chi connectivity index (χ4n) is 3.90. The third kappa shape index (κ3) is 5.37. The molecule has 0 N–H and O–H groups in total. The smallest absolute Gasteiger partial charge is 0.368 e. The zero-order valence-electron chi connectivity index (χ0n) is 16.2. The average molecular weight is 414 g/mol. The number of anilines is 1. The number of hydrogen-bond acceptors (Lipinski definition) is 5. The highest BCUT2D eigenvalue weighted by atomic mass is 19.4. The van der Waals surface area contributed by atoms with Gasteiger partial charge in [0.1, 0.15) is 0 Å². The Morgan fingerprint density at radius 1 is 1.00 bits per heavy atom. The van der Waals surface area contributed by atoms with E-state index in [1.807, 2.05) is 9.80 Å². The van der Waals surface area contributed by atoms with Crippen molar-refractivity contribution in [2.45, 2.75) is 31.9 Å². The van der Waals surface area contributed by atoms with E-state index in [4.69, 9.17) is 0 Å². The topological polar surface area (TPSA) is 69.9 Å². The van der Waals surface area contributed by atoms with Crippen molar-refractivity contribution in [2.24, 2.45) is 0 Å². The Hall–Kier alpha value is -2.36. The molecule has 0 radical (unpaired) electrons. The number of amides is 1. The number of alkyl halides is 3. The summed E-state index contributed by atoms with van der Waals surface area (Å²) in [5.41, 5.74) is -1.63. The van der Waals surface area contributed by atoms with Crippen LogP contribution in [0.1, 0.15) is 31.2 Å². The highest BCUT2D eigenvalue weighted by Crippen LogP contribution is 2.39. The maximum Gasteiger partial charge on any atom is 0.418 e. The first-order valence-electron chi connectivity index (χ1n) is 9.86. The number of nitro groups is 1. The molecule has 7 nitrogen and oxygen atoms in total. The van der Waals surface area contributed by atoms with Crippen LogP contribution in [0.3, 0.4) is 0 Å². The summed E-state index contributed by atoms with van der Waals surface area (Å²) in [7, 11) is 0. The van der Waals surface area contributed by atoms with Crippen molar-refractivity contribution in [2.75, 3.05) is 50.7 Å². The Morgan fingerprint density at radius 3 is 2.17 bits per heavy atom. The quantitative estimate of drug-likeness (QED) is 0.559. The number of nitro benzene ring substituents is 1. The summed E-state index contributed by atoms with van der Waals surface area (Å²) < 4.78 is 40.3. The molecule has 10 heteroatoms. The van der Waals surface area contributed by atoms with Crippen molar-refractivity contribution >= 4 is 17.3 Å². The second-order valence-electron chi connectivity index (χ2n) is 7.51. The molecule has 1 aromatic carbocycles. The Bertz CT molecular complexity index is 741. The third-order valence-corrected chi connectivity index (χ3v) is 5.53. The molecule has 2 heterocycles. The van der Waals surface area contributed by atoms with Crippen molar-refractivity contribution in [3.8, 4) is 0 Å². The summed E-state index contributed by atoms with van der Waals surface area (Å²) in [6, 6.07) is 2.85. The summed E-state index contributed by atoms with van der Waals surface area (Å²) in [5, 5.41) is 10.8. The van der Waals surface area contributed by atoms with Gasteiger partial charge in [-0.3, -0.25) is 19.8 Å². The minimum atomic E-state index is -4.68. The van der Waals surface area contributed by atoms with Crippen LogP contribution in [-0.4, -0.2) is 66.4 Å². The molecule has 2 fully saturated rings. The van der Waals surface area contributed by atoms with Crippen LogP contribution >= 0.6 is 0 Å². The van der Waals surface area contributed by atoms with E-state index in [9.17, 15) is 28.1 Å². The molecule has 160 valence electrons. The van der Waals surface area contributed by atoms with E-state index in [0.29, 0.717) is 32.2 Å². The number of halogens is 3. The molecule has 0 unspecified atom stereocenters. The molecule has 1 amide bonds. The van der Waals surface area contributed by atoms with E-state index in [0.717, 1.165) is 44.8 Å². The molecule has 0 bridgehead atoms. The van der Waals surface area contributed by atoms with Crippen molar-refractivity contribution in [3.63, 3.8) is 0 Å². The van der Waals surface area contributed by atoms with Gasteiger partial charge in [-0.15, -0.1) is 0 Å². The van der Waals surface area contributed by atoms with Gasteiger partial charge < -0.3 is 9.80 Å². The molecule has 0 atom stereocenters. The van der Waals surface area contributed by atoms with Crippen LogP contribution in [0, 0.1) is 10.1 Å². The van der Waals surface area contributed by atoms with Gasteiger partial charge in [0.05, 0.1) is 17.0 Å². The first kappa shape index (κ1) is 21.4. The number of hydrogen-bond donors (Lipinski definition) is 0.